The minimum absolute atomic E-state index is 0.251. The number of alkyl halides is 1. The summed E-state index contributed by atoms with van der Waals surface area (Å²) in [6.07, 6.45) is 2.66. The molecule has 2 rings (SSSR count). The van der Waals surface area contributed by atoms with E-state index in [4.69, 9.17) is 4.42 Å². The van der Waals surface area contributed by atoms with Gasteiger partial charge in [-0.3, -0.25) is 0 Å². The molecule has 1 aromatic rings. The van der Waals surface area contributed by atoms with Crippen LogP contribution in [-0.2, 0) is 6.42 Å². The van der Waals surface area contributed by atoms with Gasteiger partial charge in [-0.05, 0) is 6.08 Å². The molecular formula is C10H10FNO2. The van der Waals surface area contributed by atoms with E-state index in [2.05, 4.69) is 4.98 Å². The number of nitrogens with zero attached hydrogens (tertiary/aromatic N) is 1. The molecule has 0 radical (unpaired) electrons. The first-order valence-corrected chi connectivity index (χ1v) is 4.57. The van der Waals surface area contributed by atoms with Gasteiger partial charge >= 0.3 is 5.63 Å². The molecule has 0 aliphatic heterocycles. The summed E-state index contributed by atoms with van der Waals surface area (Å²) in [6, 6.07) is 0. The minimum Gasteiger partial charge on any atom is -0.408 e. The highest BCUT2D eigenvalue weighted by atomic mass is 19.1. The van der Waals surface area contributed by atoms with Gasteiger partial charge < -0.3 is 4.42 Å². The van der Waals surface area contributed by atoms with Gasteiger partial charge in [0.25, 0.3) is 0 Å². The van der Waals surface area contributed by atoms with E-state index < -0.39 is 11.8 Å². The first-order chi connectivity index (χ1) is 6.70. The molecule has 0 saturated carbocycles. The van der Waals surface area contributed by atoms with Crippen molar-refractivity contribution in [3.8, 4) is 0 Å². The summed E-state index contributed by atoms with van der Waals surface area (Å²) in [5.41, 5.74) is -0.495. The van der Waals surface area contributed by atoms with Crippen LogP contribution in [0.25, 0.3) is 12.2 Å². The van der Waals surface area contributed by atoms with Crippen LogP contribution in [0.2, 0.25) is 0 Å². The normalized spacial score (nSPS) is 19.4. The van der Waals surface area contributed by atoms with Crippen molar-refractivity contribution in [1.82, 2.24) is 4.98 Å². The maximum Gasteiger partial charge on any atom is 0.346 e. The Labute approximate surface area is 79.6 Å². The smallest absolute Gasteiger partial charge is 0.346 e. The summed E-state index contributed by atoms with van der Waals surface area (Å²) in [7, 11) is 0. The van der Waals surface area contributed by atoms with E-state index in [0.717, 1.165) is 0 Å². The molecule has 0 saturated heterocycles. The molecule has 1 aromatic heterocycles. The maximum atomic E-state index is 12.9. The summed E-state index contributed by atoms with van der Waals surface area (Å²) < 4.78 is 17.8. The van der Waals surface area contributed by atoms with Gasteiger partial charge in [-0.1, -0.05) is 13.0 Å². The standard InChI is InChI=1S/C10H10FNO2/c1-2-9-12-8-4-3-6(11)5-7(8)10(13)14-9/h4-6H,2-3H2,1H3. The van der Waals surface area contributed by atoms with E-state index in [-0.39, 0.29) is 11.6 Å². The molecule has 0 amide bonds. The molecule has 14 heavy (non-hydrogen) atoms. The zero-order chi connectivity index (χ0) is 10.1. The Balaban J connectivity index is 2.78. The molecule has 1 aliphatic rings. The minimum atomic E-state index is -1.10. The predicted molar refractivity (Wildman–Crippen MR) is 49.8 cm³/mol. The highest BCUT2D eigenvalue weighted by Gasteiger charge is 2.09. The van der Waals surface area contributed by atoms with Crippen LogP contribution >= 0.6 is 0 Å². The summed E-state index contributed by atoms with van der Waals surface area (Å²) in [4.78, 5) is 15.5. The largest absolute Gasteiger partial charge is 0.408 e. The Hall–Kier alpha value is -1.45. The number of rotatable bonds is 1. The Morgan fingerprint density at radius 2 is 2.50 bits per heavy atom. The van der Waals surface area contributed by atoms with Gasteiger partial charge in [0.2, 0.25) is 0 Å². The third kappa shape index (κ3) is 1.47. The molecule has 74 valence electrons. The van der Waals surface area contributed by atoms with Crippen LogP contribution in [0.5, 0.6) is 0 Å². The monoisotopic (exact) mass is 195 g/mol. The van der Waals surface area contributed by atoms with E-state index >= 15 is 0 Å². The van der Waals surface area contributed by atoms with E-state index in [1.165, 1.54) is 6.08 Å². The van der Waals surface area contributed by atoms with Gasteiger partial charge in [0, 0.05) is 12.8 Å². The van der Waals surface area contributed by atoms with Crippen LogP contribution in [-0.4, -0.2) is 11.2 Å². The van der Waals surface area contributed by atoms with Crippen molar-refractivity contribution in [1.29, 1.82) is 0 Å². The molecular weight excluding hydrogens is 185 g/mol. The summed E-state index contributed by atoms with van der Waals surface area (Å²) in [5.74, 6) is 0.399. The Morgan fingerprint density at radius 1 is 1.71 bits per heavy atom. The Bertz CT molecular complexity index is 518. The van der Waals surface area contributed by atoms with Crippen molar-refractivity contribution in [2.75, 3.05) is 0 Å². The molecule has 1 unspecified atom stereocenters. The van der Waals surface area contributed by atoms with Crippen molar-refractivity contribution in [3.05, 3.63) is 26.9 Å². The molecule has 1 aliphatic carbocycles. The number of hydrogen-bond donors (Lipinski definition) is 0. The fourth-order valence-electron chi connectivity index (χ4n) is 1.42. The van der Waals surface area contributed by atoms with E-state index in [1.807, 2.05) is 6.92 Å². The van der Waals surface area contributed by atoms with Crippen LogP contribution in [0.1, 0.15) is 19.2 Å². The lowest BCUT2D eigenvalue weighted by atomic mass is 10.1. The zero-order valence-corrected chi connectivity index (χ0v) is 7.79. The first-order valence-electron chi connectivity index (χ1n) is 4.57. The molecule has 1 atom stereocenters. The topological polar surface area (TPSA) is 43.1 Å². The van der Waals surface area contributed by atoms with Gasteiger partial charge in [-0.15, -0.1) is 0 Å². The number of halogens is 1. The molecule has 0 bridgehead atoms. The fourth-order valence-corrected chi connectivity index (χ4v) is 1.42. The van der Waals surface area contributed by atoms with Crippen LogP contribution in [0.15, 0.2) is 9.21 Å². The van der Waals surface area contributed by atoms with Crippen molar-refractivity contribution >= 4 is 12.2 Å². The quantitative estimate of drug-likeness (QED) is 0.628. The molecule has 1 heterocycles. The predicted octanol–water partition coefficient (Wildman–Crippen LogP) is -0.100. The van der Waals surface area contributed by atoms with Crippen molar-refractivity contribution in [2.45, 2.75) is 25.9 Å². The van der Waals surface area contributed by atoms with Crippen molar-refractivity contribution < 1.29 is 8.81 Å². The number of aromatic nitrogens is 1. The average molecular weight is 195 g/mol. The number of fused-ring (bicyclic) bond motifs is 1. The van der Waals surface area contributed by atoms with Crippen LogP contribution < -0.4 is 16.2 Å². The first kappa shape index (κ1) is 9.12. The average Bonchev–Trinajstić information content (AvgIpc) is 2.19. The fraction of sp³-hybridized carbons (Fsp3) is 0.400. The van der Waals surface area contributed by atoms with Crippen molar-refractivity contribution in [2.24, 2.45) is 0 Å². The second-order valence-corrected chi connectivity index (χ2v) is 3.17. The van der Waals surface area contributed by atoms with Crippen LogP contribution in [0.3, 0.4) is 0 Å². The van der Waals surface area contributed by atoms with E-state index in [0.29, 0.717) is 17.7 Å². The molecule has 0 fully saturated rings. The second-order valence-electron chi connectivity index (χ2n) is 3.17. The lowest BCUT2D eigenvalue weighted by molar-refractivity contribution is 0.411. The SMILES string of the molecule is CCc1nc2c(c(=O)o1)=CC(F)CC=2. The lowest BCUT2D eigenvalue weighted by Gasteiger charge is -2.03. The number of aryl methyl sites for hydroxylation is 1. The highest BCUT2D eigenvalue weighted by Crippen LogP contribution is 2.01. The van der Waals surface area contributed by atoms with Crippen LogP contribution in [0.4, 0.5) is 4.39 Å². The van der Waals surface area contributed by atoms with Gasteiger partial charge in [0.15, 0.2) is 5.89 Å². The molecule has 0 aromatic carbocycles. The third-order valence-corrected chi connectivity index (χ3v) is 2.14. The van der Waals surface area contributed by atoms with Gasteiger partial charge in [-0.25, -0.2) is 14.2 Å². The molecule has 0 N–H and O–H groups in total. The van der Waals surface area contributed by atoms with Gasteiger partial charge in [-0.2, -0.15) is 0 Å². The van der Waals surface area contributed by atoms with Crippen LogP contribution in [0, 0.1) is 0 Å². The molecule has 0 spiro atoms. The Kier molecular flexibility index (Phi) is 2.19. The maximum absolute atomic E-state index is 12.9. The Morgan fingerprint density at radius 3 is 3.21 bits per heavy atom. The summed E-state index contributed by atoms with van der Waals surface area (Å²) in [6.45, 7) is 1.85. The van der Waals surface area contributed by atoms with E-state index in [1.54, 1.807) is 6.08 Å². The molecule has 4 heteroatoms. The summed E-state index contributed by atoms with van der Waals surface area (Å²) >= 11 is 0. The van der Waals surface area contributed by atoms with Crippen molar-refractivity contribution in [3.63, 3.8) is 0 Å². The van der Waals surface area contributed by atoms with Gasteiger partial charge in [0.05, 0.1) is 10.6 Å². The molecule has 3 nitrogen and oxygen atoms in total. The highest BCUT2D eigenvalue weighted by molar-refractivity contribution is 5.38. The second kappa shape index (κ2) is 3.36. The number of hydrogen-bond acceptors (Lipinski definition) is 3. The zero-order valence-electron chi connectivity index (χ0n) is 7.79. The lowest BCUT2D eigenvalue weighted by Crippen LogP contribution is -2.44. The van der Waals surface area contributed by atoms with Gasteiger partial charge in [0.1, 0.15) is 6.17 Å². The summed E-state index contributed by atoms with van der Waals surface area (Å²) in [5, 5.41) is 0.799. The third-order valence-electron chi connectivity index (χ3n) is 2.14. The van der Waals surface area contributed by atoms with E-state index in [9.17, 15) is 9.18 Å².